The van der Waals surface area contributed by atoms with Crippen LogP contribution in [0.4, 0.5) is 0 Å². The average molecular weight is 327 g/mol. The number of aryl methyl sites for hydroxylation is 1. The quantitative estimate of drug-likeness (QED) is 0.864. The molecule has 6 nitrogen and oxygen atoms in total. The zero-order chi connectivity index (χ0) is 16.1. The number of imidazole rings is 1. The zero-order valence-electron chi connectivity index (χ0n) is 14.4. The van der Waals surface area contributed by atoms with Crippen LogP contribution in [0, 0.1) is 0 Å². The Bertz CT molecular complexity index is 745. The van der Waals surface area contributed by atoms with E-state index >= 15 is 0 Å². The Morgan fingerprint density at radius 2 is 1.96 bits per heavy atom. The summed E-state index contributed by atoms with van der Waals surface area (Å²) >= 11 is 0. The molecular formula is C18H25N5O. The van der Waals surface area contributed by atoms with Gasteiger partial charge in [0.2, 0.25) is 5.89 Å². The number of fused-ring (bicyclic) bond motifs is 1. The Balaban J connectivity index is 1.37. The highest BCUT2D eigenvalue weighted by molar-refractivity contribution is 5.22. The van der Waals surface area contributed by atoms with E-state index in [0.717, 1.165) is 31.2 Å². The minimum absolute atomic E-state index is 0.386. The molecule has 2 aromatic rings. The first-order chi connectivity index (χ1) is 11.8. The van der Waals surface area contributed by atoms with Gasteiger partial charge in [-0.1, -0.05) is 5.16 Å². The van der Waals surface area contributed by atoms with E-state index in [1.165, 1.54) is 62.2 Å². The highest BCUT2D eigenvalue weighted by Crippen LogP contribution is 2.39. The topological polar surface area (TPSA) is 60.0 Å². The Hall–Kier alpha value is -1.69. The van der Waals surface area contributed by atoms with Gasteiger partial charge in [0.25, 0.3) is 0 Å². The Morgan fingerprint density at radius 1 is 1.08 bits per heavy atom. The monoisotopic (exact) mass is 327 g/mol. The molecule has 1 unspecified atom stereocenters. The van der Waals surface area contributed by atoms with Crippen LogP contribution in [-0.4, -0.2) is 31.1 Å². The van der Waals surface area contributed by atoms with E-state index in [0.29, 0.717) is 12.0 Å². The third kappa shape index (κ3) is 2.48. The molecule has 2 aromatic heterocycles. The van der Waals surface area contributed by atoms with E-state index in [-0.39, 0.29) is 0 Å². The molecule has 24 heavy (non-hydrogen) atoms. The third-order valence-corrected chi connectivity index (χ3v) is 5.83. The molecule has 5 rings (SSSR count). The molecule has 0 N–H and O–H groups in total. The summed E-state index contributed by atoms with van der Waals surface area (Å²) < 4.78 is 7.86. The fourth-order valence-electron chi connectivity index (χ4n) is 4.33. The molecule has 1 saturated carbocycles. The molecule has 0 spiro atoms. The first-order valence-corrected chi connectivity index (χ1v) is 9.40. The lowest BCUT2D eigenvalue weighted by Gasteiger charge is -2.22. The number of hydrogen-bond donors (Lipinski definition) is 0. The van der Waals surface area contributed by atoms with Crippen molar-refractivity contribution >= 4 is 0 Å². The number of hydrogen-bond acceptors (Lipinski definition) is 5. The minimum Gasteiger partial charge on any atom is -0.338 e. The largest absolute Gasteiger partial charge is 0.338 e. The van der Waals surface area contributed by atoms with Crippen LogP contribution in [0.2, 0.25) is 0 Å². The normalized spacial score (nSPS) is 24.5. The predicted molar refractivity (Wildman–Crippen MR) is 88.5 cm³/mol. The van der Waals surface area contributed by atoms with Crippen molar-refractivity contribution in [3.05, 3.63) is 28.9 Å². The van der Waals surface area contributed by atoms with Gasteiger partial charge in [-0.15, -0.1) is 0 Å². The Labute approximate surface area is 142 Å². The molecule has 2 aliphatic carbocycles. The van der Waals surface area contributed by atoms with Crippen LogP contribution in [0.5, 0.6) is 0 Å². The molecular weight excluding hydrogens is 302 g/mol. The fourth-order valence-corrected chi connectivity index (χ4v) is 4.33. The van der Waals surface area contributed by atoms with Crippen LogP contribution in [0.25, 0.3) is 0 Å². The number of rotatable bonds is 4. The van der Waals surface area contributed by atoms with Crippen LogP contribution < -0.4 is 0 Å². The maximum Gasteiger partial charge on any atom is 0.240 e. The lowest BCUT2D eigenvalue weighted by Crippen LogP contribution is -2.25. The second kappa shape index (κ2) is 5.69. The van der Waals surface area contributed by atoms with E-state index in [2.05, 4.69) is 26.7 Å². The van der Waals surface area contributed by atoms with E-state index in [4.69, 9.17) is 9.51 Å². The summed E-state index contributed by atoms with van der Waals surface area (Å²) in [5, 5.41) is 4.16. The van der Waals surface area contributed by atoms with Crippen molar-refractivity contribution < 1.29 is 4.52 Å². The second-order valence-electron chi connectivity index (χ2n) is 7.58. The van der Waals surface area contributed by atoms with Crippen LogP contribution in [0.3, 0.4) is 0 Å². The van der Waals surface area contributed by atoms with Gasteiger partial charge in [0.05, 0.1) is 18.3 Å². The van der Waals surface area contributed by atoms with Gasteiger partial charge in [0, 0.05) is 18.7 Å². The summed E-state index contributed by atoms with van der Waals surface area (Å²) in [7, 11) is 2.20. The number of likely N-dealkylation sites (tertiary alicyclic amines) is 1. The van der Waals surface area contributed by atoms with Gasteiger partial charge < -0.3 is 9.09 Å². The van der Waals surface area contributed by atoms with Crippen LogP contribution >= 0.6 is 0 Å². The zero-order valence-corrected chi connectivity index (χ0v) is 14.4. The van der Waals surface area contributed by atoms with Gasteiger partial charge in [0.1, 0.15) is 5.82 Å². The van der Waals surface area contributed by atoms with E-state index in [9.17, 15) is 0 Å². The summed E-state index contributed by atoms with van der Waals surface area (Å²) in [6, 6.07) is 0.386. The van der Waals surface area contributed by atoms with Gasteiger partial charge >= 0.3 is 0 Å². The van der Waals surface area contributed by atoms with Crippen molar-refractivity contribution in [3.63, 3.8) is 0 Å². The summed E-state index contributed by atoms with van der Waals surface area (Å²) in [5.74, 6) is 3.47. The molecule has 2 fully saturated rings. The van der Waals surface area contributed by atoms with Gasteiger partial charge in [-0.05, 0) is 57.9 Å². The van der Waals surface area contributed by atoms with Crippen molar-refractivity contribution in [2.45, 2.75) is 69.9 Å². The van der Waals surface area contributed by atoms with E-state index in [1.54, 1.807) is 0 Å². The van der Waals surface area contributed by atoms with E-state index < -0.39 is 0 Å². The molecule has 0 aromatic carbocycles. The Morgan fingerprint density at radius 3 is 2.79 bits per heavy atom. The highest BCUT2D eigenvalue weighted by Gasteiger charge is 2.33. The molecule has 3 aliphatic rings. The molecule has 0 amide bonds. The van der Waals surface area contributed by atoms with Gasteiger partial charge in [-0.25, -0.2) is 4.98 Å². The first kappa shape index (κ1) is 14.6. The van der Waals surface area contributed by atoms with Crippen molar-refractivity contribution in [3.8, 4) is 0 Å². The van der Waals surface area contributed by atoms with Crippen molar-refractivity contribution in [1.29, 1.82) is 0 Å². The number of aromatic nitrogens is 4. The van der Waals surface area contributed by atoms with Crippen LogP contribution in [0.15, 0.2) is 4.52 Å². The smallest absolute Gasteiger partial charge is 0.240 e. The van der Waals surface area contributed by atoms with Gasteiger partial charge in [-0.3, -0.25) is 4.90 Å². The highest BCUT2D eigenvalue weighted by atomic mass is 16.5. The summed E-state index contributed by atoms with van der Waals surface area (Å²) in [6.07, 6.45) is 9.72. The minimum atomic E-state index is 0.386. The molecule has 6 heteroatoms. The van der Waals surface area contributed by atoms with Crippen LogP contribution in [0.1, 0.15) is 79.4 Å². The average Bonchev–Trinajstić information content (AvgIpc) is 3.03. The molecule has 1 saturated heterocycles. The lowest BCUT2D eigenvalue weighted by molar-refractivity contribution is 0.203. The maximum atomic E-state index is 5.49. The van der Waals surface area contributed by atoms with Crippen molar-refractivity contribution in [2.24, 2.45) is 7.05 Å². The number of nitrogens with zero attached hydrogens (tertiary/aromatic N) is 5. The van der Waals surface area contributed by atoms with Crippen molar-refractivity contribution in [1.82, 2.24) is 24.6 Å². The third-order valence-electron chi connectivity index (χ3n) is 5.83. The molecule has 1 atom stereocenters. The van der Waals surface area contributed by atoms with Crippen LogP contribution in [-0.2, 0) is 26.4 Å². The molecule has 3 heterocycles. The van der Waals surface area contributed by atoms with Gasteiger partial charge in [0.15, 0.2) is 5.82 Å². The van der Waals surface area contributed by atoms with Gasteiger partial charge in [-0.2, -0.15) is 4.98 Å². The second-order valence-corrected chi connectivity index (χ2v) is 7.58. The first-order valence-electron chi connectivity index (χ1n) is 9.40. The predicted octanol–water partition coefficient (Wildman–Crippen LogP) is 2.90. The lowest BCUT2D eigenvalue weighted by atomic mass is 10.0. The fraction of sp³-hybridized carbons (Fsp3) is 0.722. The molecule has 0 radical (unpaired) electrons. The maximum absolute atomic E-state index is 5.49. The summed E-state index contributed by atoms with van der Waals surface area (Å²) in [4.78, 5) is 12.1. The molecule has 1 aliphatic heterocycles. The van der Waals surface area contributed by atoms with E-state index in [1.807, 2.05) is 0 Å². The standard InChI is InChI=1S/C18H25N5O/c1-22-14-6-3-2-5-13(14)19-18(22)15-7-4-10-23(15)11-16-20-17(21-24-16)12-8-9-12/h12,15H,2-11H2,1H3. The molecule has 0 bridgehead atoms. The SMILES string of the molecule is Cn1c(C2CCCN2Cc2nc(C3CC3)no2)nc2c1CCCC2. The van der Waals surface area contributed by atoms with Crippen molar-refractivity contribution in [2.75, 3.05) is 6.54 Å². The summed E-state index contributed by atoms with van der Waals surface area (Å²) in [5.41, 5.74) is 2.79. The Kier molecular flexibility index (Phi) is 3.47. The molecule has 128 valence electrons. The summed E-state index contributed by atoms with van der Waals surface area (Å²) in [6.45, 7) is 1.84.